The van der Waals surface area contributed by atoms with Gasteiger partial charge >= 0.3 is 0 Å². The fourth-order valence-electron chi connectivity index (χ4n) is 2.64. The fraction of sp³-hybridized carbons (Fsp3) is 0.353. The minimum atomic E-state index is -0.169. The van der Waals surface area contributed by atoms with Gasteiger partial charge in [0.15, 0.2) is 11.6 Å². The van der Waals surface area contributed by atoms with Crippen molar-refractivity contribution in [2.24, 2.45) is 0 Å². The molecule has 1 aromatic heterocycles. The Hall–Kier alpha value is -2.43. The maximum absolute atomic E-state index is 12.1. The van der Waals surface area contributed by atoms with Crippen LogP contribution < -0.4 is 10.2 Å². The van der Waals surface area contributed by atoms with E-state index in [1.165, 1.54) is 25.7 Å². The van der Waals surface area contributed by atoms with E-state index >= 15 is 0 Å². The third kappa shape index (κ3) is 3.61. The molecule has 1 aromatic carbocycles. The summed E-state index contributed by atoms with van der Waals surface area (Å²) >= 11 is 0. The monoisotopic (exact) mass is 296 g/mol. The third-order valence-corrected chi connectivity index (χ3v) is 3.86. The van der Waals surface area contributed by atoms with Crippen molar-refractivity contribution in [2.45, 2.75) is 25.7 Å². The normalized spacial score (nSPS) is 15.2. The largest absolute Gasteiger partial charge is 0.355 e. The number of rotatable bonds is 3. The highest BCUT2D eigenvalue weighted by atomic mass is 16.1. The summed E-state index contributed by atoms with van der Waals surface area (Å²) in [5.41, 5.74) is 0.612. The molecule has 1 amide bonds. The van der Waals surface area contributed by atoms with E-state index in [4.69, 9.17) is 0 Å². The second kappa shape index (κ2) is 7.02. The molecule has 0 aliphatic carbocycles. The average Bonchev–Trinajstić information content (AvgIpc) is 2.86. The molecule has 5 heteroatoms. The summed E-state index contributed by atoms with van der Waals surface area (Å²) in [6, 6.07) is 12.8. The summed E-state index contributed by atoms with van der Waals surface area (Å²) in [5, 5.41) is 11.1. The Balaban J connectivity index is 1.65. The molecular weight excluding hydrogens is 276 g/mol. The highest BCUT2D eigenvalue weighted by Crippen LogP contribution is 2.17. The Bertz CT molecular complexity index is 604. The highest BCUT2D eigenvalue weighted by molar-refractivity contribution is 6.03. The van der Waals surface area contributed by atoms with Crippen LogP contribution in [0.1, 0.15) is 36.0 Å². The second-order valence-corrected chi connectivity index (χ2v) is 5.50. The first-order chi connectivity index (χ1) is 10.8. The van der Waals surface area contributed by atoms with Crippen LogP contribution in [0.4, 0.5) is 11.6 Å². The fourth-order valence-corrected chi connectivity index (χ4v) is 2.64. The van der Waals surface area contributed by atoms with Gasteiger partial charge in [-0.25, -0.2) is 0 Å². The number of nitrogens with one attached hydrogen (secondary N) is 1. The van der Waals surface area contributed by atoms with Crippen LogP contribution in [0.5, 0.6) is 0 Å². The van der Waals surface area contributed by atoms with Gasteiger partial charge in [0.05, 0.1) is 0 Å². The van der Waals surface area contributed by atoms with Crippen molar-refractivity contribution < 1.29 is 4.79 Å². The lowest BCUT2D eigenvalue weighted by molar-refractivity contribution is 0.102. The Kier molecular flexibility index (Phi) is 4.63. The number of amides is 1. The topological polar surface area (TPSA) is 58.1 Å². The maximum Gasteiger partial charge on any atom is 0.256 e. The third-order valence-electron chi connectivity index (χ3n) is 3.86. The average molecular weight is 296 g/mol. The molecule has 1 saturated heterocycles. The van der Waals surface area contributed by atoms with Crippen molar-refractivity contribution in [3.8, 4) is 0 Å². The lowest BCUT2D eigenvalue weighted by Crippen LogP contribution is -2.25. The predicted molar refractivity (Wildman–Crippen MR) is 87.1 cm³/mol. The lowest BCUT2D eigenvalue weighted by atomic mass is 10.2. The molecule has 1 fully saturated rings. The van der Waals surface area contributed by atoms with E-state index in [2.05, 4.69) is 20.4 Å². The van der Waals surface area contributed by atoms with Gasteiger partial charge in [-0.15, -0.1) is 10.2 Å². The lowest BCUT2D eigenvalue weighted by Gasteiger charge is -2.20. The molecule has 0 saturated carbocycles. The summed E-state index contributed by atoms with van der Waals surface area (Å²) in [4.78, 5) is 14.3. The Morgan fingerprint density at radius 3 is 2.27 bits per heavy atom. The van der Waals surface area contributed by atoms with E-state index in [1.807, 2.05) is 30.3 Å². The number of hydrogen-bond acceptors (Lipinski definition) is 4. The number of anilines is 2. The maximum atomic E-state index is 12.1. The van der Waals surface area contributed by atoms with Crippen molar-refractivity contribution in [1.82, 2.24) is 10.2 Å². The molecule has 0 atom stereocenters. The molecule has 0 radical (unpaired) electrons. The molecule has 3 rings (SSSR count). The summed E-state index contributed by atoms with van der Waals surface area (Å²) in [6.45, 7) is 2.06. The summed E-state index contributed by atoms with van der Waals surface area (Å²) in [5.74, 6) is 1.20. The number of hydrogen-bond donors (Lipinski definition) is 1. The number of carbonyl (C=O) groups excluding carboxylic acids is 1. The van der Waals surface area contributed by atoms with Gasteiger partial charge < -0.3 is 10.2 Å². The summed E-state index contributed by atoms with van der Waals surface area (Å²) < 4.78 is 0. The van der Waals surface area contributed by atoms with Crippen LogP contribution in [0.25, 0.3) is 0 Å². The predicted octanol–water partition coefficient (Wildman–Crippen LogP) is 3.11. The molecule has 0 spiro atoms. The Morgan fingerprint density at radius 2 is 1.64 bits per heavy atom. The van der Waals surface area contributed by atoms with Gasteiger partial charge in [0.2, 0.25) is 0 Å². The van der Waals surface area contributed by atoms with Gasteiger partial charge in [-0.05, 0) is 37.1 Å². The first-order valence-electron chi connectivity index (χ1n) is 7.78. The Labute approximate surface area is 130 Å². The molecule has 5 nitrogen and oxygen atoms in total. The minimum absolute atomic E-state index is 0.169. The van der Waals surface area contributed by atoms with Gasteiger partial charge in [-0.2, -0.15) is 0 Å². The molecular formula is C17H20N4O. The van der Waals surface area contributed by atoms with Gasteiger partial charge in [-0.3, -0.25) is 4.79 Å². The van der Waals surface area contributed by atoms with E-state index < -0.39 is 0 Å². The first-order valence-corrected chi connectivity index (χ1v) is 7.78. The highest BCUT2D eigenvalue weighted by Gasteiger charge is 2.12. The van der Waals surface area contributed by atoms with E-state index in [9.17, 15) is 4.79 Å². The van der Waals surface area contributed by atoms with Crippen molar-refractivity contribution in [1.29, 1.82) is 0 Å². The van der Waals surface area contributed by atoms with Crippen LogP contribution in [-0.4, -0.2) is 29.2 Å². The van der Waals surface area contributed by atoms with Crippen molar-refractivity contribution in [3.05, 3.63) is 48.0 Å². The SMILES string of the molecule is O=C(Nc1ccc(N2CCCCCC2)nn1)c1ccccc1. The van der Waals surface area contributed by atoms with Gasteiger partial charge in [0.25, 0.3) is 5.91 Å². The zero-order valence-corrected chi connectivity index (χ0v) is 12.5. The van der Waals surface area contributed by atoms with Crippen LogP contribution in [0.15, 0.2) is 42.5 Å². The van der Waals surface area contributed by atoms with Crippen LogP contribution in [0.3, 0.4) is 0 Å². The zero-order valence-electron chi connectivity index (χ0n) is 12.5. The van der Waals surface area contributed by atoms with Crippen molar-refractivity contribution in [2.75, 3.05) is 23.3 Å². The summed E-state index contributed by atoms with van der Waals surface area (Å²) in [6.07, 6.45) is 4.98. The molecule has 0 bridgehead atoms. The first kappa shape index (κ1) is 14.5. The molecule has 2 aromatic rings. The van der Waals surface area contributed by atoms with Crippen LogP contribution in [-0.2, 0) is 0 Å². The second-order valence-electron chi connectivity index (χ2n) is 5.50. The Morgan fingerprint density at radius 1 is 0.909 bits per heavy atom. The van der Waals surface area contributed by atoms with Crippen LogP contribution in [0, 0.1) is 0 Å². The smallest absolute Gasteiger partial charge is 0.256 e. The number of nitrogens with zero attached hydrogens (tertiary/aromatic N) is 3. The zero-order chi connectivity index (χ0) is 15.2. The van der Waals surface area contributed by atoms with Gasteiger partial charge in [0, 0.05) is 18.7 Å². The number of aromatic nitrogens is 2. The van der Waals surface area contributed by atoms with E-state index in [0.29, 0.717) is 11.4 Å². The standard InChI is InChI=1S/C17H20N4O/c22-17(14-8-4-3-5-9-14)18-15-10-11-16(20-19-15)21-12-6-1-2-7-13-21/h3-5,8-11H,1-2,6-7,12-13H2,(H,18,19,22). The van der Waals surface area contributed by atoms with Crippen LogP contribution in [0.2, 0.25) is 0 Å². The van der Waals surface area contributed by atoms with Crippen molar-refractivity contribution in [3.63, 3.8) is 0 Å². The van der Waals surface area contributed by atoms with Gasteiger partial charge in [0.1, 0.15) is 0 Å². The quantitative estimate of drug-likeness (QED) is 0.945. The molecule has 2 heterocycles. The van der Waals surface area contributed by atoms with Gasteiger partial charge in [-0.1, -0.05) is 31.0 Å². The molecule has 0 unspecified atom stereocenters. The number of carbonyl (C=O) groups is 1. The minimum Gasteiger partial charge on any atom is -0.355 e. The molecule has 114 valence electrons. The van der Waals surface area contributed by atoms with Crippen molar-refractivity contribution >= 4 is 17.5 Å². The van der Waals surface area contributed by atoms with E-state index in [-0.39, 0.29) is 5.91 Å². The molecule has 1 aliphatic heterocycles. The molecule has 1 aliphatic rings. The molecule has 22 heavy (non-hydrogen) atoms. The number of benzene rings is 1. The van der Waals surface area contributed by atoms with Crippen LogP contribution >= 0.6 is 0 Å². The molecule has 1 N–H and O–H groups in total. The summed E-state index contributed by atoms with van der Waals surface area (Å²) in [7, 11) is 0. The van der Waals surface area contributed by atoms with E-state index in [1.54, 1.807) is 12.1 Å². The van der Waals surface area contributed by atoms with E-state index in [0.717, 1.165) is 18.9 Å².